The molecule has 0 aliphatic carbocycles. The summed E-state index contributed by atoms with van der Waals surface area (Å²) < 4.78 is 44.5. The maximum atomic E-state index is 12.1. The molecule has 0 aromatic heterocycles. The number of alkyl halides is 1. The van der Waals surface area contributed by atoms with Crippen LogP contribution in [0.5, 0.6) is 0 Å². The molecule has 0 aromatic carbocycles. The number of alkyl carbamates (subject to hydrolysis) is 1. The van der Waals surface area contributed by atoms with Crippen molar-refractivity contribution in [1.29, 1.82) is 0 Å². The molecule has 17 atom stereocenters. The van der Waals surface area contributed by atoms with Gasteiger partial charge in [0, 0.05) is 50.1 Å². The van der Waals surface area contributed by atoms with Gasteiger partial charge in [0.1, 0.15) is 12.2 Å². The molecule has 1 amide bonds. The van der Waals surface area contributed by atoms with Gasteiger partial charge in [0.25, 0.3) is 0 Å². The molecule has 5 aliphatic heterocycles. The van der Waals surface area contributed by atoms with Crippen LogP contribution in [0, 0.1) is 35.5 Å². The summed E-state index contributed by atoms with van der Waals surface area (Å²) >= 11 is 5.65. The maximum Gasteiger partial charge on any atom is 0.407 e. The van der Waals surface area contributed by atoms with Crippen LogP contribution in [0.3, 0.4) is 0 Å². The summed E-state index contributed by atoms with van der Waals surface area (Å²) in [5.41, 5.74) is -1.78. The number of carbonyl (C=O) groups excluding carboxylic acids is 1. The molecule has 0 radical (unpaired) electrons. The third-order valence-corrected chi connectivity index (χ3v) is 13.5. The Bertz CT molecular complexity index is 1280. The van der Waals surface area contributed by atoms with Gasteiger partial charge in [-0.1, -0.05) is 34.6 Å². The number of aliphatic hydroxyl groups is 3. The average Bonchev–Trinajstić information content (AvgIpc) is 3.83. The standard InChI is InChI=1S/C38H64ClNO13/c1-20-15-22(3)38(46,19-48-34(45)40-14-13-39)52-29(20)27-16-21(2)32(49-27)36(18-41)10-9-28(50-36)35(7)11-12-37(53-35)17-26(42)23(4)31(51-37)24(5)30(47-8)25(6)33(43)44/h20-32,41-42,46H,9-19H2,1-8H3,(H,40,45)(H,43,44)/t20-,21-,22+,23+,24-,25-,26-,27+,28+,29-,30+,31-,32+,35-,36+,37+,38-/m0/s1. The number of carboxylic acids is 1. The van der Waals surface area contributed by atoms with Crippen LogP contribution in [0.2, 0.25) is 0 Å². The first-order valence-corrected chi connectivity index (χ1v) is 20.0. The second kappa shape index (κ2) is 16.6. The van der Waals surface area contributed by atoms with E-state index in [1.807, 2.05) is 27.7 Å². The molecular formula is C38H64ClNO13. The van der Waals surface area contributed by atoms with E-state index in [1.54, 1.807) is 6.92 Å². The van der Waals surface area contributed by atoms with Crippen LogP contribution in [0.4, 0.5) is 4.79 Å². The van der Waals surface area contributed by atoms with E-state index in [2.05, 4.69) is 19.2 Å². The summed E-state index contributed by atoms with van der Waals surface area (Å²) in [7, 11) is 1.50. The van der Waals surface area contributed by atoms with Crippen LogP contribution >= 0.6 is 11.6 Å². The van der Waals surface area contributed by atoms with Crippen molar-refractivity contribution in [3.63, 3.8) is 0 Å². The Kier molecular flexibility index (Phi) is 13.4. The van der Waals surface area contributed by atoms with Gasteiger partial charge in [-0.2, -0.15) is 0 Å². The normalized spacial score (nSPS) is 46.3. The van der Waals surface area contributed by atoms with E-state index in [-0.39, 0.29) is 67.8 Å². The van der Waals surface area contributed by atoms with Gasteiger partial charge in [-0.3, -0.25) is 4.79 Å². The number of hydrogen-bond donors (Lipinski definition) is 5. The first-order chi connectivity index (χ1) is 24.9. The number of amides is 1. The smallest absolute Gasteiger partial charge is 0.407 e. The SMILES string of the molecule is CO[C@H]([C@H](C)[C@H]1O[C@@]2(CC[C@@](C)([C@H]3CC[C@@](CO)([C@@H]4O[C@@H]([C@H]5O[C@@](O)(COC(=O)NCCCl)[C@H](C)C[C@@H]5C)C[C@@H]4C)O3)O2)C[C@H](O)[C@H]1C)[C@H](C)C(=O)O. The molecule has 5 fully saturated rings. The van der Waals surface area contributed by atoms with Crippen LogP contribution in [0.25, 0.3) is 0 Å². The molecule has 0 aromatic rings. The number of rotatable bonds is 13. The number of aliphatic hydroxyl groups excluding tert-OH is 2. The van der Waals surface area contributed by atoms with Crippen LogP contribution in [0.15, 0.2) is 0 Å². The van der Waals surface area contributed by atoms with Crippen molar-refractivity contribution in [2.45, 2.75) is 159 Å². The third-order valence-electron chi connectivity index (χ3n) is 13.3. The second-order valence-corrected chi connectivity index (χ2v) is 17.5. The zero-order valence-corrected chi connectivity index (χ0v) is 33.4. The average molecular weight is 778 g/mol. The van der Waals surface area contributed by atoms with Gasteiger partial charge < -0.3 is 58.9 Å². The van der Waals surface area contributed by atoms with Crippen molar-refractivity contribution in [1.82, 2.24) is 5.32 Å². The lowest BCUT2D eigenvalue weighted by Gasteiger charge is -2.48. The van der Waals surface area contributed by atoms with Gasteiger partial charge in [-0.15, -0.1) is 11.6 Å². The Morgan fingerprint density at radius 1 is 1.04 bits per heavy atom. The number of aliphatic carboxylic acids is 1. The molecular weight excluding hydrogens is 714 g/mol. The number of hydrogen-bond acceptors (Lipinski definition) is 12. The first-order valence-electron chi connectivity index (χ1n) is 19.5. The largest absolute Gasteiger partial charge is 0.481 e. The highest BCUT2D eigenvalue weighted by molar-refractivity contribution is 6.18. The van der Waals surface area contributed by atoms with Crippen molar-refractivity contribution in [3.8, 4) is 0 Å². The monoisotopic (exact) mass is 777 g/mol. The molecule has 53 heavy (non-hydrogen) atoms. The van der Waals surface area contributed by atoms with Crippen LogP contribution in [-0.2, 0) is 38.0 Å². The lowest BCUT2D eigenvalue weighted by atomic mass is 9.78. The van der Waals surface area contributed by atoms with Crippen LogP contribution in [0.1, 0.15) is 93.4 Å². The molecule has 5 rings (SSSR count). The third kappa shape index (κ3) is 8.52. The molecule has 1 spiro atoms. The number of methoxy groups -OCH3 is 1. The van der Waals surface area contributed by atoms with Gasteiger partial charge in [0.15, 0.2) is 5.79 Å². The highest BCUT2D eigenvalue weighted by Crippen LogP contribution is 2.54. The van der Waals surface area contributed by atoms with Crippen molar-refractivity contribution >= 4 is 23.7 Å². The fraction of sp³-hybridized carbons (Fsp3) is 0.947. The highest BCUT2D eigenvalue weighted by Gasteiger charge is 2.62. The summed E-state index contributed by atoms with van der Waals surface area (Å²) in [6.45, 7) is 13.1. The molecule has 14 nitrogen and oxygen atoms in total. The molecule has 5 aliphatic rings. The lowest BCUT2D eigenvalue weighted by Crippen LogP contribution is -2.57. The zero-order chi connectivity index (χ0) is 39.1. The van der Waals surface area contributed by atoms with E-state index in [4.69, 9.17) is 44.8 Å². The van der Waals surface area contributed by atoms with E-state index in [1.165, 1.54) is 7.11 Å². The minimum atomic E-state index is -1.70. The summed E-state index contributed by atoms with van der Waals surface area (Å²) in [6.07, 6.45) is -0.470. The summed E-state index contributed by atoms with van der Waals surface area (Å²) in [5, 5.41) is 46.0. The minimum absolute atomic E-state index is 0.00199. The molecule has 15 heteroatoms. The van der Waals surface area contributed by atoms with Crippen molar-refractivity contribution in [2.75, 3.05) is 32.7 Å². The highest BCUT2D eigenvalue weighted by atomic mass is 35.5. The van der Waals surface area contributed by atoms with Gasteiger partial charge in [-0.05, 0) is 57.8 Å². The molecule has 0 unspecified atom stereocenters. The van der Waals surface area contributed by atoms with E-state index < -0.39 is 77.4 Å². The van der Waals surface area contributed by atoms with Gasteiger partial charge in [-0.25, -0.2) is 4.79 Å². The van der Waals surface area contributed by atoms with E-state index in [0.29, 0.717) is 38.5 Å². The minimum Gasteiger partial charge on any atom is -0.481 e. The van der Waals surface area contributed by atoms with Crippen LogP contribution < -0.4 is 5.32 Å². The summed E-state index contributed by atoms with van der Waals surface area (Å²) in [5.74, 6) is -5.15. The number of carbonyl (C=O) groups is 2. The van der Waals surface area contributed by atoms with Gasteiger partial charge in [0.05, 0.1) is 60.9 Å². The predicted molar refractivity (Wildman–Crippen MR) is 192 cm³/mol. The Balaban J connectivity index is 1.26. The topological polar surface area (TPSA) is 192 Å². The lowest BCUT2D eigenvalue weighted by molar-refractivity contribution is -0.336. The fourth-order valence-corrected chi connectivity index (χ4v) is 10.1. The Morgan fingerprint density at radius 3 is 2.40 bits per heavy atom. The molecule has 5 N–H and O–H groups in total. The quantitative estimate of drug-likeness (QED) is 0.170. The first kappa shape index (κ1) is 42.8. The van der Waals surface area contributed by atoms with Gasteiger partial charge in [0.2, 0.25) is 5.79 Å². The van der Waals surface area contributed by atoms with E-state index in [9.17, 15) is 30.0 Å². The molecule has 306 valence electrons. The Morgan fingerprint density at radius 2 is 1.75 bits per heavy atom. The number of ether oxygens (including phenoxy) is 7. The molecule has 5 heterocycles. The maximum absolute atomic E-state index is 12.1. The Labute approximate surface area is 318 Å². The summed E-state index contributed by atoms with van der Waals surface area (Å²) in [4.78, 5) is 24.0. The van der Waals surface area contributed by atoms with Crippen LogP contribution in [-0.4, -0.2) is 131 Å². The zero-order valence-electron chi connectivity index (χ0n) is 32.6. The molecule has 5 saturated heterocycles. The fourth-order valence-electron chi connectivity index (χ4n) is 10.0. The number of carboxylic acid groups (broad SMARTS) is 1. The van der Waals surface area contributed by atoms with E-state index in [0.717, 1.165) is 0 Å². The van der Waals surface area contributed by atoms with Crippen molar-refractivity contribution < 1.29 is 63.2 Å². The predicted octanol–water partition coefficient (Wildman–Crippen LogP) is 3.83. The Hall–Kier alpha value is -1.33. The molecule has 0 saturated carbocycles. The van der Waals surface area contributed by atoms with Crippen molar-refractivity contribution in [3.05, 3.63) is 0 Å². The number of nitrogens with one attached hydrogen (secondary N) is 1. The second-order valence-electron chi connectivity index (χ2n) is 17.1. The van der Waals surface area contributed by atoms with Crippen molar-refractivity contribution in [2.24, 2.45) is 35.5 Å². The molecule has 0 bridgehead atoms. The summed E-state index contributed by atoms with van der Waals surface area (Å²) in [6, 6.07) is 0. The number of halogens is 1. The van der Waals surface area contributed by atoms with Gasteiger partial charge >= 0.3 is 12.1 Å². The van der Waals surface area contributed by atoms with E-state index >= 15 is 0 Å².